The number of carbonyl (C=O) groups is 1. The first-order valence-electron chi connectivity index (χ1n) is 4.46. The Balaban J connectivity index is 2.00. The van der Waals surface area contributed by atoms with E-state index in [2.05, 4.69) is 22.2 Å². The normalized spacial score (nSPS) is 24.4. The quantitative estimate of drug-likeness (QED) is 0.758. The van der Waals surface area contributed by atoms with E-state index in [1.807, 2.05) is 0 Å². The first kappa shape index (κ1) is 9.40. The molecular weight excluding hydrogens is 202 g/mol. The fourth-order valence-electron chi connectivity index (χ4n) is 1.31. The molecule has 1 saturated carbocycles. The Bertz CT molecular complexity index is 369. The van der Waals surface area contributed by atoms with E-state index in [0.717, 1.165) is 6.42 Å². The van der Waals surface area contributed by atoms with Crippen molar-refractivity contribution in [1.82, 2.24) is 9.97 Å². The van der Waals surface area contributed by atoms with E-state index in [1.165, 1.54) is 6.20 Å². The van der Waals surface area contributed by atoms with Crippen molar-refractivity contribution in [3.8, 4) is 0 Å². The molecule has 0 aliphatic heterocycles. The molecular formula is C9H10ClN3O. The molecule has 0 bridgehead atoms. The van der Waals surface area contributed by atoms with Crippen LogP contribution in [0.15, 0.2) is 12.3 Å². The van der Waals surface area contributed by atoms with Crippen LogP contribution in [0.3, 0.4) is 0 Å². The van der Waals surface area contributed by atoms with Gasteiger partial charge in [0.1, 0.15) is 5.82 Å². The van der Waals surface area contributed by atoms with Gasteiger partial charge in [-0.15, -0.1) is 0 Å². The van der Waals surface area contributed by atoms with Crippen LogP contribution in [0.25, 0.3) is 0 Å². The van der Waals surface area contributed by atoms with Crippen LogP contribution in [0.5, 0.6) is 0 Å². The Labute approximate surface area is 86.7 Å². The largest absolute Gasteiger partial charge is 0.310 e. The number of amides is 1. The molecule has 14 heavy (non-hydrogen) atoms. The minimum Gasteiger partial charge on any atom is -0.310 e. The van der Waals surface area contributed by atoms with Crippen LogP contribution in [-0.2, 0) is 4.79 Å². The summed E-state index contributed by atoms with van der Waals surface area (Å²) >= 11 is 5.58. The molecule has 0 radical (unpaired) electrons. The van der Waals surface area contributed by atoms with Crippen molar-refractivity contribution in [3.05, 3.63) is 17.5 Å². The van der Waals surface area contributed by atoms with Gasteiger partial charge in [-0.3, -0.25) is 4.79 Å². The summed E-state index contributed by atoms with van der Waals surface area (Å²) < 4.78 is 0. The molecule has 1 fully saturated rings. The lowest BCUT2D eigenvalue weighted by atomic mass is 10.3. The van der Waals surface area contributed by atoms with E-state index in [1.54, 1.807) is 6.07 Å². The van der Waals surface area contributed by atoms with E-state index >= 15 is 0 Å². The standard InChI is InChI=1S/C9H10ClN3O/c1-5-4-6(5)8(14)12-7-2-3-11-9(10)13-7/h2-3,5-6H,4H2,1H3,(H,11,12,13,14). The number of carbonyl (C=O) groups excluding carboxylic acids is 1. The molecule has 2 unspecified atom stereocenters. The van der Waals surface area contributed by atoms with E-state index < -0.39 is 0 Å². The average molecular weight is 212 g/mol. The van der Waals surface area contributed by atoms with Crippen LogP contribution in [0, 0.1) is 11.8 Å². The highest BCUT2D eigenvalue weighted by molar-refractivity contribution is 6.28. The topological polar surface area (TPSA) is 54.9 Å². The molecule has 2 atom stereocenters. The second kappa shape index (κ2) is 3.53. The molecule has 1 heterocycles. The van der Waals surface area contributed by atoms with Crippen molar-refractivity contribution in [2.24, 2.45) is 11.8 Å². The highest BCUT2D eigenvalue weighted by Crippen LogP contribution is 2.38. The van der Waals surface area contributed by atoms with Gasteiger partial charge in [0.25, 0.3) is 0 Å². The first-order valence-corrected chi connectivity index (χ1v) is 4.84. The minimum atomic E-state index is 0.0206. The van der Waals surface area contributed by atoms with E-state index in [0.29, 0.717) is 11.7 Å². The predicted octanol–water partition coefficient (Wildman–Crippen LogP) is 1.72. The summed E-state index contributed by atoms with van der Waals surface area (Å²) in [5, 5.41) is 2.85. The SMILES string of the molecule is CC1CC1C(=O)Nc1ccnc(Cl)n1. The third kappa shape index (κ3) is 2.01. The van der Waals surface area contributed by atoms with Gasteiger partial charge in [0, 0.05) is 12.1 Å². The molecule has 1 aromatic heterocycles. The van der Waals surface area contributed by atoms with Gasteiger partial charge >= 0.3 is 0 Å². The second-order valence-corrected chi connectivity index (χ2v) is 3.86. The summed E-state index contributed by atoms with van der Waals surface area (Å²) in [6, 6.07) is 1.62. The van der Waals surface area contributed by atoms with Crippen LogP contribution >= 0.6 is 11.6 Å². The Morgan fingerprint density at radius 3 is 3.00 bits per heavy atom. The molecule has 1 aliphatic rings. The van der Waals surface area contributed by atoms with Crippen molar-refractivity contribution < 1.29 is 4.79 Å². The lowest BCUT2D eigenvalue weighted by molar-refractivity contribution is -0.117. The van der Waals surface area contributed by atoms with Crippen molar-refractivity contribution >= 4 is 23.3 Å². The fourth-order valence-corrected chi connectivity index (χ4v) is 1.46. The van der Waals surface area contributed by atoms with Gasteiger partial charge in [0.2, 0.25) is 11.2 Å². The molecule has 1 aromatic rings. The number of rotatable bonds is 2. The second-order valence-electron chi connectivity index (χ2n) is 3.52. The lowest BCUT2D eigenvalue weighted by Gasteiger charge is -2.02. The number of aromatic nitrogens is 2. The summed E-state index contributed by atoms with van der Waals surface area (Å²) in [7, 11) is 0. The van der Waals surface area contributed by atoms with Crippen LogP contribution in [0.4, 0.5) is 5.82 Å². The molecule has 1 N–H and O–H groups in total. The molecule has 5 heteroatoms. The van der Waals surface area contributed by atoms with Crippen molar-refractivity contribution in [1.29, 1.82) is 0 Å². The first-order chi connectivity index (χ1) is 6.66. The van der Waals surface area contributed by atoms with Crippen molar-refractivity contribution in [2.45, 2.75) is 13.3 Å². The zero-order chi connectivity index (χ0) is 10.1. The van der Waals surface area contributed by atoms with Gasteiger partial charge < -0.3 is 5.32 Å². The maximum atomic E-state index is 11.5. The summed E-state index contributed by atoms with van der Waals surface area (Å²) in [6.45, 7) is 2.05. The third-order valence-corrected chi connectivity index (χ3v) is 2.51. The fraction of sp³-hybridized carbons (Fsp3) is 0.444. The number of nitrogens with one attached hydrogen (secondary N) is 1. The van der Waals surface area contributed by atoms with Crippen LogP contribution in [0.2, 0.25) is 5.28 Å². The zero-order valence-electron chi connectivity index (χ0n) is 7.70. The number of halogens is 1. The maximum absolute atomic E-state index is 11.5. The lowest BCUT2D eigenvalue weighted by Crippen LogP contribution is -2.15. The molecule has 0 saturated heterocycles. The molecule has 0 spiro atoms. The summed E-state index contributed by atoms with van der Waals surface area (Å²) in [5.74, 6) is 1.12. The average Bonchev–Trinajstić information content (AvgIpc) is 2.82. The smallest absolute Gasteiger partial charge is 0.228 e. The number of hydrogen-bond donors (Lipinski definition) is 1. The molecule has 74 valence electrons. The molecule has 4 nitrogen and oxygen atoms in total. The monoisotopic (exact) mass is 211 g/mol. The van der Waals surface area contributed by atoms with Crippen LogP contribution < -0.4 is 5.32 Å². The van der Waals surface area contributed by atoms with Crippen molar-refractivity contribution in [3.63, 3.8) is 0 Å². The Morgan fingerprint density at radius 1 is 1.71 bits per heavy atom. The van der Waals surface area contributed by atoms with Gasteiger partial charge in [0.05, 0.1) is 0 Å². The van der Waals surface area contributed by atoms with Gasteiger partial charge in [-0.05, 0) is 30.0 Å². The van der Waals surface area contributed by atoms with Crippen molar-refractivity contribution in [2.75, 3.05) is 5.32 Å². The zero-order valence-corrected chi connectivity index (χ0v) is 8.45. The van der Waals surface area contributed by atoms with E-state index in [4.69, 9.17) is 11.6 Å². The molecule has 0 aromatic carbocycles. The number of anilines is 1. The van der Waals surface area contributed by atoms with Gasteiger partial charge in [-0.25, -0.2) is 9.97 Å². The predicted molar refractivity (Wildman–Crippen MR) is 52.9 cm³/mol. The van der Waals surface area contributed by atoms with E-state index in [-0.39, 0.29) is 17.1 Å². The highest BCUT2D eigenvalue weighted by atomic mass is 35.5. The summed E-state index contributed by atoms with van der Waals surface area (Å²) in [4.78, 5) is 19.1. The molecule has 1 amide bonds. The maximum Gasteiger partial charge on any atom is 0.228 e. The van der Waals surface area contributed by atoms with Crippen LogP contribution in [0.1, 0.15) is 13.3 Å². The summed E-state index contributed by atoms with van der Waals surface area (Å²) in [5.41, 5.74) is 0. The van der Waals surface area contributed by atoms with Crippen LogP contribution in [-0.4, -0.2) is 15.9 Å². The Kier molecular flexibility index (Phi) is 2.37. The highest BCUT2D eigenvalue weighted by Gasteiger charge is 2.39. The minimum absolute atomic E-state index is 0.0206. The Hall–Kier alpha value is -1.16. The van der Waals surface area contributed by atoms with E-state index in [9.17, 15) is 4.79 Å². The number of nitrogens with zero attached hydrogens (tertiary/aromatic N) is 2. The van der Waals surface area contributed by atoms with Gasteiger partial charge in [-0.2, -0.15) is 0 Å². The molecule has 1 aliphatic carbocycles. The van der Waals surface area contributed by atoms with Gasteiger partial charge in [-0.1, -0.05) is 6.92 Å². The number of hydrogen-bond acceptors (Lipinski definition) is 3. The third-order valence-electron chi connectivity index (χ3n) is 2.32. The molecule has 2 rings (SSSR count). The summed E-state index contributed by atoms with van der Waals surface area (Å²) in [6.07, 6.45) is 2.48. The van der Waals surface area contributed by atoms with Gasteiger partial charge in [0.15, 0.2) is 0 Å². The Morgan fingerprint density at radius 2 is 2.43 bits per heavy atom.